The monoisotopic (exact) mass is 180 g/mol. The Morgan fingerprint density at radius 2 is 2.00 bits per heavy atom. The number of hydrogen-bond donors (Lipinski definition) is 2. The molecule has 1 aliphatic heterocycles. The second-order valence-corrected chi connectivity index (χ2v) is 3.87. The van der Waals surface area contributed by atoms with Gasteiger partial charge in [-0.1, -0.05) is 27.7 Å². The van der Waals surface area contributed by atoms with Crippen molar-refractivity contribution in [1.29, 1.82) is 0 Å². The molecular weight excluding hydrogens is 168 g/mol. The van der Waals surface area contributed by atoms with Gasteiger partial charge in [-0.05, 0) is 11.8 Å². The van der Waals surface area contributed by atoms with Crippen molar-refractivity contribution in [2.75, 3.05) is 19.0 Å². The molecule has 0 aromatic rings. The van der Waals surface area contributed by atoms with Gasteiger partial charge in [-0.25, -0.2) is 0 Å². The van der Waals surface area contributed by atoms with Gasteiger partial charge < -0.3 is 10.2 Å². The largest absolute Gasteiger partial charge is 0.396 e. The van der Waals surface area contributed by atoms with E-state index in [-0.39, 0.29) is 13.2 Å². The molecule has 0 radical (unpaired) electrons. The normalized spacial score (nSPS) is 14.6. The van der Waals surface area contributed by atoms with E-state index in [0.717, 1.165) is 0 Å². The van der Waals surface area contributed by atoms with Crippen LogP contribution in [0.5, 0.6) is 0 Å². The van der Waals surface area contributed by atoms with Gasteiger partial charge in [0.2, 0.25) is 0 Å². The Morgan fingerprint density at radius 3 is 2.10 bits per heavy atom. The van der Waals surface area contributed by atoms with Crippen LogP contribution < -0.4 is 0 Å². The average Bonchev–Trinajstić information content (AvgIpc) is 2.44. The molecule has 0 amide bonds. The maximum atomic E-state index is 7.91. The molecule has 10 heavy (non-hydrogen) atoms. The minimum atomic E-state index is 0.0938. The molecule has 0 saturated heterocycles. The molecule has 0 aromatic heterocycles. The van der Waals surface area contributed by atoms with E-state index in [1.165, 1.54) is 5.75 Å². The van der Waals surface area contributed by atoms with Gasteiger partial charge in [0, 0.05) is 19.0 Å². The lowest BCUT2D eigenvalue weighted by atomic mass is 10.5. The van der Waals surface area contributed by atoms with Gasteiger partial charge in [-0.2, -0.15) is 0 Å². The topological polar surface area (TPSA) is 40.5 Å². The van der Waals surface area contributed by atoms with Crippen LogP contribution in [0.15, 0.2) is 11.5 Å². The highest BCUT2D eigenvalue weighted by Gasteiger charge is 1.85. The van der Waals surface area contributed by atoms with Crippen LogP contribution in [0.25, 0.3) is 0 Å². The Morgan fingerprint density at radius 1 is 1.30 bits per heavy atom. The lowest BCUT2D eigenvalue weighted by Crippen LogP contribution is -1.85. The number of rotatable bonds is 2. The van der Waals surface area contributed by atoms with Crippen molar-refractivity contribution in [2.45, 2.75) is 6.42 Å². The first-order valence-corrected chi connectivity index (χ1v) is 5.45. The van der Waals surface area contributed by atoms with Crippen LogP contribution in [0, 0.1) is 0 Å². The van der Waals surface area contributed by atoms with Crippen molar-refractivity contribution in [1.82, 2.24) is 0 Å². The Balaban J connectivity index is 0.000000162. The van der Waals surface area contributed by atoms with Crippen molar-refractivity contribution in [3.63, 3.8) is 0 Å². The molecule has 2 nitrogen and oxygen atoms in total. The molecule has 0 atom stereocenters. The molecule has 0 spiro atoms. The highest BCUT2D eigenvalue weighted by molar-refractivity contribution is 8.78. The first-order valence-electron chi connectivity index (χ1n) is 3.07. The number of hydrogen-bond acceptors (Lipinski definition) is 4. The fourth-order valence-corrected chi connectivity index (χ4v) is 1.84. The zero-order valence-corrected chi connectivity index (χ0v) is 7.33. The van der Waals surface area contributed by atoms with Gasteiger partial charge in [-0.15, -0.1) is 0 Å². The smallest absolute Gasteiger partial charge is 0.0452 e. The summed E-state index contributed by atoms with van der Waals surface area (Å²) in [7, 11) is 3.69. The van der Waals surface area contributed by atoms with Gasteiger partial charge in [0.15, 0.2) is 0 Å². The molecule has 0 bridgehead atoms. The molecule has 2 N–H and O–H groups in total. The van der Waals surface area contributed by atoms with Crippen LogP contribution in [0.3, 0.4) is 0 Å². The van der Waals surface area contributed by atoms with E-state index in [0.29, 0.717) is 6.42 Å². The quantitative estimate of drug-likeness (QED) is 0.628. The zero-order chi connectivity index (χ0) is 7.66. The van der Waals surface area contributed by atoms with Crippen LogP contribution >= 0.6 is 21.6 Å². The second kappa shape index (κ2) is 9.36. The lowest BCUT2D eigenvalue weighted by molar-refractivity contribution is 0.221. The van der Waals surface area contributed by atoms with Crippen LogP contribution in [0.2, 0.25) is 0 Å². The second-order valence-electron chi connectivity index (χ2n) is 1.55. The molecule has 1 rings (SSSR count). The van der Waals surface area contributed by atoms with Crippen LogP contribution in [0.1, 0.15) is 6.42 Å². The predicted molar refractivity (Wildman–Crippen MR) is 48.0 cm³/mol. The summed E-state index contributed by atoms with van der Waals surface area (Å²) in [5.41, 5.74) is 0. The van der Waals surface area contributed by atoms with Crippen LogP contribution in [0.4, 0.5) is 0 Å². The van der Waals surface area contributed by atoms with E-state index in [9.17, 15) is 0 Å². The molecule has 60 valence electrons. The third kappa shape index (κ3) is 8.36. The Labute approximate surface area is 69.1 Å². The molecule has 4 heteroatoms. The molecule has 0 aliphatic carbocycles. The molecule has 1 heterocycles. The van der Waals surface area contributed by atoms with Gasteiger partial charge in [0.05, 0.1) is 0 Å². The fourth-order valence-electron chi connectivity index (χ4n) is 0.267. The minimum Gasteiger partial charge on any atom is -0.396 e. The van der Waals surface area contributed by atoms with Crippen molar-refractivity contribution >= 4 is 21.6 Å². The standard InChI is InChI=1S/C3H8O2.C3H4S2/c4-2-1-3-5;1-2-4-5-3-1/h4-5H,1-3H2;1-2H,3H2. The highest BCUT2D eigenvalue weighted by Crippen LogP contribution is 2.27. The minimum absolute atomic E-state index is 0.0938. The van der Waals surface area contributed by atoms with E-state index in [4.69, 9.17) is 10.2 Å². The molecule has 0 unspecified atom stereocenters. The van der Waals surface area contributed by atoms with Gasteiger partial charge in [-0.3, -0.25) is 0 Å². The Hall–Kier alpha value is 0.360. The van der Waals surface area contributed by atoms with Crippen LogP contribution in [-0.2, 0) is 0 Å². The van der Waals surface area contributed by atoms with E-state index >= 15 is 0 Å². The van der Waals surface area contributed by atoms with Gasteiger partial charge in [0.1, 0.15) is 0 Å². The molecule has 1 aliphatic rings. The molecular formula is C6H12O2S2. The molecule has 0 saturated carbocycles. The van der Waals surface area contributed by atoms with Gasteiger partial charge >= 0.3 is 0 Å². The highest BCUT2D eigenvalue weighted by atomic mass is 33.1. The summed E-state index contributed by atoms with van der Waals surface area (Å²) in [5, 5.41) is 17.9. The van der Waals surface area contributed by atoms with Gasteiger partial charge in [0.25, 0.3) is 0 Å². The fraction of sp³-hybridized carbons (Fsp3) is 0.667. The summed E-state index contributed by atoms with van der Waals surface area (Å²) in [6, 6.07) is 0. The van der Waals surface area contributed by atoms with Crippen molar-refractivity contribution in [2.24, 2.45) is 0 Å². The average molecular weight is 180 g/mol. The van der Waals surface area contributed by atoms with E-state index < -0.39 is 0 Å². The Kier molecular flexibility index (Phi) is 9.70. The summed E-state index contributed by atoms with van der Waals surface area (Å²) in [6.07, 6.45) is 2.66. The Bertz CT molecular complexity index is 77.8. The summed E-state index contributed by atoms with van der Waals surface area (Å²) >= 11 is 0. The summed E-state index contributed by atoms with van der Waals surface area (Å²) in [4.78, 5) is 0. The van der Waals surface area contributed by atoms with Crippen molar-refractivity contribution < 1.29 is 10.2 Å². The number of aliphatic hydroxyl groups excluding tert-OH is 2. The maximum Gasteiger partial charge on any atom is 0.0452 e. The predicted octanol–water partition coefficient (Wildman–Crippen LogP) is 1.26. The third-order valence-corrected chi connectivity index (χ3v) is 2.62. The lowest BCUT2D eigenvalue weighted by Gasteiger charge is -1.79. The van der Waals surface area contributed by atoms with E-state index in [1.54, 1.807) is 0 Å². The molecule has 0 fully saturated rings. The first kappa shape index (κ1) is 10.4. The van der Waals surface area contributed by atoms with E-state index in [1.807, 2.05) is 21.6 Å². The van der Waals surface area contributed by atoms with Crippen molar-refractivity contribution in [3.8, 4) is 0 Å². The third-order valence-electron chi connectivity index (χ3n) is 0.700. The van der Waals surface area contributed by atoms with Crippen LogP contribution in [-0.4, -0.2) is 29.2 Å². The SMILES string of the molecule is C1=CSSC1.OCCCO. The maximum absolute atomic E-state index is 7.91. The number of aliphatic hydroxyl groups is 2. The van der Waals surface area contributed by atoms with Crippen molar-refractivity contribution in [3.05, 3.63) is 11.5 Å². The zero-order valence-electron chi connectivity index (χ0n) is 5.69. The summed E-state index contributed by atoms with van der Waals surface area (Å²) < 4.78 is 0. The first-order chi connectivity index (χ1) is 4.91. The van der Waals surface area contributed by atoms with E-state index in [2.05, 4.69) is 11.5 Å². The summed E-state index contributed by atoms with van der Waals surface area (Å²) in [6.45, 7) is 0.188. The molecule has 0 aromatic carbocycles. The summed E-state index contributed by atoms with van der Waals surface area (Å²) in [5.74, 6) is 1.20.